The smallest absolute Gasteiger partial charge is 0.315 e. The molecule has 0 bridgehead atoms. The summed E-state index contributed by atoms with van der Waals surface area (Å²) in [4.78, 5) is 24.7. The Hall–Kier alpha value is -1.82. The van der Waals surface area contributed by atoms with Crippen LogP contribution in [0.4, 0.5) is 4.79 Å². The summed E-state index contributed by atoms with van der Waals surface area (Å²) in [5, 5.41) is 14.3. The van der Waals surface area contributed by atoms with Crippen LogP contribution in [0.1, 0.15) is 16.2 Å². The van der Waals surface area contributed by atoms with Gasteiger partial charge in [-0.2, -0.15) is 0 Å². The summed E-state index contributed by atoms with van der Waals surface area (Å²) in [7, 11) is 0. The minimum atomic E-state index is -0.852. The predicted molar refractivity (Wildman–Crippen MR) is 73.1 cm³/mol. The van der Waals surface area contributed by atoms with Crippen molar-refractivity contribution in [1.82, 2.24) is 10.6 Å². The Morgan fingerprint density at radius 1 is 1.42 bits per heavy atom. The second kappa shape index (κ2) is 5.88. The third-order valence-electron chi connectivity index (χ3n) is 2.94. The fourth-order valence-corrected chi connectivity index (χ4v) is 2.79. The average molecular weight is 280 g/mol. The third kappa shape index (κ3) is 3.82. The molecule has 0 radical (unpaired) electrons. The summed E-state index contributed by atoms with van der Waals surface area (Å²) >= 11 is 1.64. The summed E-state index contributed by atoms with van der Waals surface area (Å²) in [5.41, 5.74) is 0. The van der Waals surface area contributed by atoms with Crippen molar-refractivity contribution >= 4 is 23.3 Å². The van der Waals surface area contributed by atoms with Crippen molar-refractivity contribution in [2.45, 2.75) is 25.9 Å². The Morgan fingerprint density at radius 2 is 2.21 bits per heavy atom. The lowest BCUT2D eigenvalue weighted by Gasteiger charge is -2.12. The van der Waals surface area contributed by atoms with Gasteiger partial charge in [0.15, 0.2) is 0 Å². The highest BCUT2D eigenvalue weighted by Crippen LogP contribution is 2.18. The Kier molecular flexibility index (Phi) is 4.21. The van der Waals surface area contributed by atoms with Crippen LogP contribution in [0.15, 0.2) is 24.3 Å². The van der Waals surface area contributed by atoms with Crippen LogP contribution in [0.3, 0.4) is 0 Å². The van der Waals surface area contributed by atoms with E-state index in [9.17, 15) is 9.59 Å². The summed E-state index contributed by atoms with van der Waals surface area (Å²) in [6, 6.07) is 3.52. The number of carbonyl (C=O) groups excluding carboxylic acids is 1. The first-order valence-corrected chi connectivity index (χ1v) is 6.87. The zero-order valence-corrected chi connectivity index (χ0v) is 11.4. The van der Waals surface area contributed by atoms with Crippen LogP contribution in [-0.2, 0) is 11.3 Å². The Bertz CT molecular complexity index is 510. The van der Waals surface area contributed by atoms with E-state index in [-0.39, 0.29) is 12.1 Å². The zero-order valence-electron chi connectivity index (χ0n) is 10.6. The van der Waals surface area contributed by atoms with Crippen LogP contribution in [-0.4, -0.2) is 23.1 Å². The number of hydrogen-bond acceptors (Lipinski definition) is 3. The molecule has 0 saturated heterocycles. The van der Waals surface area contributed by atoms with E-state index in [2.05, 4.69) is 10.6 Å². The lowest BCUT2D eigenvalue weighted by atomic mass is 10.1. The van der Waals surface area contributed by atoms with E-state index in [0.29, 0.717) is 13.0 Å². The van der Waals surface area contributed by atoms with Gasteiger partial charge in [-0.1, -0.05) is 12.2 Å². The van der Waals surface area contributed by atoms with Gasteiger partial charge in [-0.3, -0.25) is 4.79 Å². The van der Waals surface area contributed by atoms with Gasteiger partial charge in [0.1, 0.15) is 0 Å². The average Bonchev–Trinajstić information content (AvgIpc) is 2.96. The molecule has 1 aromatic heterocycles. The van der Waals surface area contributed by atoms with E-state index in [0.717, 1.165) is 4.88 Å². The van der Waals surface area contributed by atoms with E-state index in [1.165, 1.54) is 4.88 Å². The van der Waals surface area contributed by atoms with E-state index in [1.807, 2.05) is 19.1 Å². The van der Waals surface area contributed by atoms with E-state index in [4.69, 9.17) is 5.11 Å². The molecule has 6 heteroatoms. The molecule has 2 amide bonds. The van der Waals surface area contributed by atoms with E-state index >= 15 is 0 Å². The van der Waals surface area contributed by atoms with Gasteiger partial charge in [0, 0.05) is 9.75 Å². The van der Waals surface area contributed by atoms with E-state index < -0.39 is 11.9 Å². The first-order valence-electron chi connectivity index (χ1n) is 6.05. The lowest BCUT2D eigenvalue weighted by molar-refractivity contribution is -0.140. The van der Waals surface area contributed by atoms with Gasteiger partial charge in [-0.05, 0) is 25.5 Å². The quantitative estimate of drug-likeness (QED) is 0.737. The molecule has 2 rings (SSSR count). The van der Waals surface area contributed by atoms with Gasteiger partial charge in [0.05, 0.1) is 18.5 Å². The predicted octanol–water partition coefficient (Wildman–Crippen LogP) is 1.89. The molecule has 2 unspecified atom stereocenters. The number of carbonyl (C=O) groups is 2. The third-order valence-corrected chi connectivity index (χ3v) is 3.94. The molecule has 0 aromatic carbocycles. The Labute approximate surface area is 115 Å². The number of nitrogens with one attached hydrogen (secondary N) is 2. The molecule has 0 aliphatic heterocycles. The molecule has 0 fully saturated rings. The van der Waals surface area contributed by atoms with Crippen molar-refractivity contribution < 1.29 is 14.7 Å². The van der Waals surface area contributed by atoms with Crippen LogP contribution in [0.2, 0.25) is 0 Å². The molecule has 1 heterocycles. The van der Waals surface area contributed by atoms with Gasteiger partial charge in [-0.25, -0.2) is 4.79 Å². The maximum Gasteiger partial charge on any atom is 0.315 e. The molecule has 0 spiro atoms. The number of thiophene rings is 1. The fraction of sp³-hybridized carbons (Fsp3) is 0.385. The van der Waals surface area contributed by atoms with Gasteiger partial charge in [0.2, 0.25) is 0 Å². The first kappa shape index (κ1) is 13.6. The van der Waals surface area contributed by atoms with Crippen LogP contribution < -0.4 is 10.6 Å². The zero-order chi connectivity index (χ0) is 13.8. The molecule has 19 heavy (non-hydrogen) atoms. The number of hydrogen-bond donors (Lipinski definition) is 3. The van der Waals surface area contributed by atoms with Gasteiger partial charge in [0.25, 0.3) is 0 Å². The largest absolute Gasteiger partial charge is 0.481 e. The minimum Gasteiger partial charge on any atom is -0.481 e. The van der Waals surface area contributed by atoms with Crippen LogP contribution in [0.5, 0.6) is 0 Å². The fourth-order valence-electron chi connectivity index (χ4n) is 1.96. The van der Waals surface area contributed by atoms with Crippen LogP contribution in [0.25, 0.3) is 0 Å². The number of urea groups is 1. The van der Waals surface area contributed by atoms with Crippen molar-refractivity contribution in [3.63, 3.8) is 0 Å². The van der Waals surface area contributed by atoms with Gasteiger partial charge in [-0.15, -0.1) is 11.3 Å². The van der Waals surface area contributed by atoms with Gasteiger partial charge >= 0.3 is 12.0 Å². The summed E-state index contributed by atoms with van der Waals surface area (Å²) in [6.45, 7) is 2.51. The Balaban J connectivity index is 1.74. The maximum atomic E-state index is 11.7. The monoisotopic (exact) mass is 280 g/mol. The highest BCUT2D eigenvalue weighted by Gasteiger charge is 2.25. The summed E-state index contributed by atoms with van der Waals surface area (Å²) in [5.74, 6) is -1.35. The molecule has 2 atom stereocenters. The number of amides is 2. The van der Waals surface area contributed by atoms with Crippen molar-refractivity contribution in [3.05, 3.63) is 34.0 Å². The van der Waals surface area contributed by atoms with Crippen LogP contribution in [0, 0.1) is 12.8 Å². The standard InChI is InChI=1S/C13H16N2O3S/c1-8-2-5-11(19-8)7-14-13(18)15-10-4-3-9(6-10)12(16)17/h2-5,9-10H,6-7H2,1H3,(H,16,17)(H2,14,15,18). The highest BCUT2D eigenvalue weighted by atomic mass is 32.1. The maximum absolute atomic E-state index is 11.7. The minimum absolute atomic E-state index is 0.203. The lowest BCUT2D eigenvalue weighted by Crippen LogP contribution is -2.40. The molecule has 1 aliphatic carbocycles. The highest BCUT2D eigenvalue weighted by molar-refractivity contribution is 7.11. The topological polar surface area (TPSA) is 78.4 Å². The molecule has 1 aliphatic rings. The van der Waals surface area contributed by atoms with Crippen molar-refractivity contribution in [3.8, 4) is 0 Å². The van der Waals surface area contributed by atoms with Gasteiger partial charge < -0.3 is 15.7 Å². The number of aryl methyl sites for hydroxylation is 1. The number of rotatable bonds is 4. The molecular weight excluding hydrogens is 264 g/mol. The number of carboxylic acid groups (broad SMARTS) is 1. The molecule has 5 nitrogen and oxygen atoms in total. The molecule has 102 valence electrons. The Morgan fingerprint density at radius 3 is 2.79 bits per heavy atom. The van der Waals surface area contributed by atoms with Crippen molar-refractivity contribution in [2.75, 3.05) is 0 Å². The second-order valence-electron chi connectivity index (χ2n) is 4.51. The summed E-state index contributed by atoms with van der Waals surface area (Å²) in [6.07, 6.45) is 3.77. The summed E-state index contributed by atoms with van der Waals surface area (Å²) < 4.78 is 0. The molecule has 0 saturated carbocycles. The van der Waals surface area contributed by atoms with Crippen molar-refractivity contribution in [2.24, 2.45) is 5.92 Å². The van der Waals surface area contributed by atoms with Crippen molar-refractivity contribution in [1.29, 1.82) is 0 Å². The molecule has 1 aromatic rings. The second-order valence-corrected chi connectivity index (χ2v) is 5.88. The number of carboxylic acids is 1. The normalized spacial score (nSPS) is 21.3. The first-order chi connectivity index (χ1) is 9.04. The molecular formula is C13H16N2O3S. The SMILES string of the molecule is Cc1ccc(CNC(=O)NC2C=CC(C(=O)O)C2)s1. The molecule has 3 N–H and O–H groups in total. The van der Waals surface area contributed by atoms with E-state index in [1.54, 1.807) is 23.5 Å². The van der Waals surface area contributed by atoms with Crippen LogP contribution >= 0.6 is 11.3 Å². The number of aliphatic carboxylic acids is 1.